The van der Waals surface area contributed by atoms with Crippen LogP contribution in [0.1, 0.15) is 0 Å². The Labute approximate surface area is 145 Å². The molecule has 2 N–H and O–H groups in total. The molecule has 18 heavy (non-hydrogen) atoms. The maximum atomic E-state index is 5.63. The van der Waals surface area contributed by atoms with Crippen molar-refractivity contribution < 1.29 is 0 Å². The fourth-order valence-corrected chi connectivity index (χ4v) is 3.91. The average molecular weight is 408 g/mol. The minimum absolute atomic E-state index is 0.459. The van der Waals surface area contributed by atoms with Gasteiger partial charge >= 0.3 is 0 Å². The van der Waals surface area contributed by atoms with Crippen molar-refractivity contribution in [1.82, 2.24) is 0 Å². The van der Waals surface area contributed by atoms with E-state index >= 15 is 0 Å². The van der Waals surface area contributed by atoms with Crippen LogP contribution in [0, 0.1) is 0 Å². The molecule has 0 heterocycles. The lowest BCUT2D eigenvalue weighted by Crippen LogP contribution is -1.88. The Morgan fingerprint density at radius 1 is 0.833 bits per heavy atom. The number of para-hydroxylation sites is 1. The van der Waals surface area contributed by atoms with Gasteiger partial charge in [0.05, 0.1) is 0 Å². The molecule has 0 aliphatic rings. The van der Waals surface area contributed by atoms with Crippen molar-refractivity contribution in [3.8, 4) is 0 Å². The van der Waals surface area contributed by atoms with E-state index in [1.165, 1.54) is 11.8 Å². The van der Waals surface area contributed by atoms with Crippen LogP contribution in [0.2, 0.25) is 0 Å². The molecule has 0 saturated carbocycles. The Hall–Kier alpha value is 1.46. The number of rotatable bonds is 4. The first-order valence-corrected chi connectivity index (χ1v) is 8.78. The van der Waals surface area contributed by atoms with E-state index in [4.69, 9.17) is 75.3 Å². The normalized spacial score (nSPS) is 10.7. The zero-order valence-electron chi connectivity index (χ0n) is 8.70. The molecule has 1 nitrogen and oxygen atoms in total. The first kappa shape index (κ1) is 19.5. The van der Waals surface area contributed by atoms with Gasteiger partial charge in [0.25, 0.3) is 0 Å². The molecule has 0 aliphatic carbocycles. The lowest BCUT2D eigenvalue weighted by molar-refractivity contribution is 1.46. The van der Waals surface area contributed by atoms with Gasteiger partial charge in [0, 0.05) is 10.6 Å². The van der Waals surface area contributed by atoms with Crippen molar-refractivity contribution >= 4 is 98.8 Å². The van der Waals surface area contributed by atoms with Gasteiger partial charge in [-0.3, -0.25) is 0 Å². The number of benzene rings is 1. The molecule has 0 aliphatic heterocycles. The van der Waals surface area contributed by atoms with E-state index in [1.807, 2.05) is 24.3 Å². The number of nitrogens with two attached hydrogens (primary N) is 1. The number of anilines is 1. The number of hydrogen-bond donors (Lipinski definition) is 1. The third kappa shape index (κ3) is 11.3. The molecule has 0 spiro atoms. The molecule has 0 saturated heterocycles. The van der Waals surface area contributed by atoms with E-state index in [2.05, 4.69) is 0 Å². The third-order valence-corrected chi connectivity index (χ3v) is 4.33. The van der Waals surface area contributed by atoms with Crippen LogP contribution >= 0.6 is 93.1 Å². The summed E-state index contributed by atoms with van der Waals surface area (Å²) >= 11 is 34.4. The molecule has 1 aromatic carbocycles. The maximum absolute atomic E-state index is 5.63. The van der Waals surface area contributed by atoms with Gasteiger partial charge in [-0.25, -0.2) is 0 Å². The minimum atomic E-state index is -0.528. The van der Waals surface area contributed by atoms with Gasteiger partial charge in [-0.15, -0.1) is 0 Å². The largest absolute Gasteiger partial charge is 0.398 e. The standard InChI is InChI=1S/C7H7Cl2NS.C2H2Cl4S/c8-7(9)11-6-4-2-1-3-5(6)10;3-1(4)7-2(5)6/h1-4,7H,10H2;1-2H. The summed E-state index contributed by atoms with van der Waals surface area (Å²) in [5.74, 6) is 0. The Morgan fingerprint density at radius 2 is 1.33 bits per heavy atom. The van der Waals surface area contributed by atoms with E-state index in [0.29, 0.717) is 5.69 Å². The molecule has 0 fully saturated rings. The van der Waals surface area contributed by atoms with Gasteiger partial charge in [0.15, 0.2) is 12.5 Å². The minimum Gasteiger partial charge on any atom is -0.398 e. The molecule has 0 unspecified atom stereocenters. The summed E-state index contributed by atoms with van der Waals surface area (Å²) in [6.45, 7) is 0. The quantitative estimate of drug-likeness (QED) is 0.357. The number of halogens is 6. The van der Waals surface area contributed by atoms with Crippen LogP contribution in [0.3, 0.4) is 0 Å². The Morgan fingerprint density at radius 3 is 1.67 bits per heavy atom. The summed E-state index contributed by atoms with van der Waals surface area (Å²) in [6.07, 6.45) is 0. The van der Waals surface area contributed by atoms with Gasteiger partial charge in [-0.05, 0) is 12.1 Å². The summed E-state index contributed by atoms with van der Waals surface area (Å²) in [6, 6.07) is 7.47. The van der Waals surface area contributed by atoms with Crippen molar-refractivity contribution in [3.63, 3.8) is 0 Å². The predicted octanol–water partition coefficient (Wildman–Crippen LogP) is 6.36. The van der Waals surface area contributed by atoms with E-state index in [0.717, 1.165) is 16.7 Å². The summed E-state index contributed by atoms with van der Waals surface area (Å²) in [7, 11) is 0. The smallest absolute Gasteiger partial charge is 0.157 e. The molecule has 0 atom stereocenters. The van der Waals surface area contributed by atoms with Crippen LogP contribution < -0.4 is 5.73 Å². The molecular formula is C9H9Cl6NS2. The van der Waals surface area contributed by atoms with E-state index in [1.54, 1.807) is 0 Å². The summed E-state index contributed by atoms with van der Waals surface area (Å²) in [4.78, 5) is 0.919. The van der Waals surface area contributed by atoms with Crippen molar-refractivity contribution in [2.24, 2.45) is 0 Å². The van der Waals surface area contributed by atoms with Crippen LogP contribution in [-0.4, -0.2) is 12.5 Å². The molecule has 0 aromatic heterocycles. The van der Waals surface area contributed by atoms with Gasteiger partial charge in [0.1, 0.15) is 0 Å². The zero-order chi connectivity index (χ0) is 14.1. The predicted molar refractivity (Wildman–Crippen MR) is 90.8 cm³/mol. The zero-order valence-corrected chi connectivity index (χ0v) is 14.9. The van der Waals surface area contributed by atoms with E-state index in [9.17, 15) is 0 Å². The Bertz CT molecular complexity index is 331. The monoisotopic (exact) mass is 405 g/mol. The molecule has 1 aromatic rings. The second-order valence-corrected chi connectivity index (χ2v) is 9.78. The molecule has 0 radical (unpaired) electrons. The van der Waals surface area contributed by atoms with Crippen molar-refractivity contribution in [2.75, 3.05) is 5.73 Å². The lowest BCUT2D eigenvalue weighted by atomic mass is 10.3. The molecule has 0 amide bonds. The number of nitrogen functional groups attached to an aromatic ring is 1. The van der Waals surface area contributed by atoms with Gasteiger partial charge in [-0.2, -0.15) is 0 Å². The second kappa shape index (κ2) is 11.2. The maximum Gasteiger partial charge on any atom is 0.157 e. The Balaban J connectivity index is 0.000000360. The first-order chi connectivity index (χ1) is 8.32. The van der Waals surface area contributed by atoms with Gasteiger partial charge < -0.3 is 5.73 Å². The number of hydrogen-bond acceptors (Lipinski definition) is 3. The van der Waals surface area contributed by atoms with E-state index in [-0.39, 0.29) is 0 Å². The lowest BCUT2D eigenvalue weighted by Gasteiger charge is -2.03. The van der Waals surface area contributed by atoms with Crippen LogP contribution in [0.5, 0.6) is 0 Å². The molecule has 104 valence electrons. The van der Waals surface area contributed by atoms with Crippen molar-refractivity contribution in [1.29, 1.82) is 0 Å². The summed E-state index contributed by atoms with van der Waals surface area (Å²) in [5.41, 5.74) is 6.34. The Kier molecular flexibility index (Phi) is 12.1. The van der Waals surface area contributed by atoms with Gasteiger partial charge in [-0.1, -0.05) is 105 Å². The highest BCUT2D eigenvalue weighted by Gasteiger charge is 2.04. The second-order valence-electron chi connectivity index (χ2n) is 2.57. The first-order valence-electron chi connectivity index (χ1n) is 4.34. The highest BCUT2D eigenvalue weighted by atomic mass is 35.5. The van der Waals surface area contributed by atoms with Gasteiger partial charge in [0.2, 0.25) is 0 Å². The fourth-order valence-electron chi connectivity index (χ4n) is 0.762. The molecule has 1 rings (SSSR count). The number of alkyl halides is 6. The highest BCUT2D eigenvalue weighted by molar-refractivity contribution is 8.05. The average Bonchev–Trinajstić information content (AvgIpc) is 2.19. The topological polar surface area (TPSA) is 26.0 Å². The van der Waals surface area contributed by atoms with Crippen LogP contribution in [0.15, 0.2) is 29.2 Å². The van der Waals surface area contributed by atoms with Crippen LogP contribution in [0.4, 0.5) is 5.69 Å². The van der Waals surface area contributed by atoms with E-state index < -0.39 is 12.5 Å². The molecule has 0 bridgehead atoms. The van der Waals surface area contributed by atoms with Crippen molar-refractivity contribution in [2.45, 2.75) is 17.4 Å². The number of thioether (sulfide) groups is 2. The van der Waals surface area contributed by atoms with Crippen LogP contribution in [0.25, 0.3) is 0 Å². The molecular weight excluding hydrogens is 399 g/mol. The van der Waals surface area contributed by atoms with Crippen molar-refractivity contribution in [3.05, 3.63) is 24.3 Å². The summed E-state index contributed by atoms with van der Waals surface area (Å²) < 4.78 is -1.51. The molecule has 9 heteroatoms. The fraction of sp³-hybridized carbons (Fsp3) is 0.333. The third-order valence-electron chi connectivity index (χ3n) is 1.34. The highest BCUT2D eigenvalue weighted by Crippen LogP contribution is 2.32. The van der Waals surface area contributed by atoms with Crippen LogP contribution in [-0.2, 0) is 0 Å². The summed E-state index contributed by atoms with van der Waals surface area (Å²) in [5, 5.41) is 0. The SMILES string of the molecule is ClC(Cl)SC(Cl)Cl.Nc1ccccc1SC(Cl)Cl.